The number of anilines is 1. The van der Waals surface area contributed by atoms with E-state index in [0.29, 0.717) is 6.54 Å². The summed E-state index contributed by atoms with van der Waals surface area (Å²) in [5.74, 6) is -0.0784. The van der Waals surface area contributed by atoms with Crippen LogP contribution < -0.4 is 4.90 Å². The molecule has 0 spiro atoms. The third-order valence-corrected chi connectivity index (χ3v) is 7.08. The van der Waals surface area contributed by atoms with Gasteiger partial charge in [-0.15, -0.1) is 0 Å². The predicted molar refractivity (Wildman–Crippen MR) is 142 cm³/mol. The molecular formula is C28H27N7O. The Morgan fingerprint density at radius 3 is 2.69 bits per heavy atom. The molecule has 8 nitrogen and oxygen atoms in total. The molecule has 0 radical (unpaired) electrons. The lowest BCUT2D eigenvalue weighted by molar-refractivity contribution is -0.114. The van der Waals surface area contributed by atoms with Crippen LogP contribution >= 0.6 is 0 Å². The molecule has 8 heteroatoms. The maximum atomic E-state index is 12.5. The average molecular weight is 478 g/mol. The highest BCUT2D eigenvalue weighted by Crippen LogP contribution is 2.45. The molecule has 36 heavy (non-hydrogen) atoms. The van der Waals surface area contributed by atoms with Crippen LogP contribution in [0.4, 0.5) is 5.69 Å². The van der Waals surface area contributed by atoms with E-state index in [2.05, 4.69) is 47.9 Å². The minimum absolute atomic E-state index is 0.0784. The van der Waals surface area contributed by atoms with Crippen molar-refractivity contribution >= 4 is 22.6 Å². The van der Waals surface area contributed by atoms with Gasteiger partial charge in [0.25, 0.3) is 0 Å². The van der Waals surface area contributed by atoms with Crippen LogP contribution in [-0.4, -0.2) is 42.0 Å². The quantitative estimate of drug-likeness (QED) is 0.365. The summed E-state index contributed by atoms with van der Waals surface area (Å²) in [6.45, 7) is 9.35. The second-order valence-electron chi connectivity index (χ2n) is 9.13. The number of hydrogen-bond acceptors (Lipinski definition) is 4. The fourth-order valence-corrected chi connectivity index (χ4v) is 5.32. The van der Waals surface area contributed by atoms with Gasteiger partial charge in [0.05, 0.1) is 18.1 Å². The highest BCUT2D eigenvalue weighted by molar-refractivity contribution is 6.09. The lowest BCUT2D eigenvalue weighted by Crippen LogP contribution is -2.26. The molecule has 1 N–H and O–H groups in total. The Kier molecular flexibility index (Phi) is 5.10. The third-order valence-electron chi connectivity index (χ3n) is 7.08. The Bertz CT molecular complexity index is 1650. The Labute approximate surface area is 208 Å². The van der Waals surface area contributed by atoms with E-state index in [1.807, 2.05) is 48.6 Å². The van der Waals surface area contributed by atoms with E-state index >= 15 is 0 Å². The highest BCUT2D eigenvalue weighted by atomic mass is 16.2. The summed E-state index contributed by atoms with van der Waals surface area (Å²) in [4.78, 5) is 22.8. The fourth-order valence-electron chi connectivity index (χ4n) is 5.32. The van der Waals surface area contributed by atoms with Crippen molar-refractivity contribution in [3.63, 3.8) is 0 Å². The SMILES string of the molecule is C=CC(=O)N1CCc2c(-c3c(-c4cnn(C)c4)[nH]c4ncc(-c5cnn(CC)c5)c(C)c34)cccc21. The van der Waals surface area contributed by atoms with Gasteiger partial charge in [-0.1, -0.05) is 18.7 Å². The number of rotatable bonds is 5. The first-order valence-electron chi connectivity index (χ1n) is 12.1. The molecule has 1 amide bonds. The molecule has 1 aliphatic rings. The molecule has 1 aromatic carbocycles. The second kappa shape index (κ2) is 8.34. The summed E-state index contributed by atoms with van der Waals surface area (Å²) in [6.07, 6.45) is 11.9. The van der Waals surface area contributed by atoms with Crippen molar-refractivity contribution in [1.82, 2.24) is 29.5 Å². The van der Waals surface area contributed by atoms with E-state index in [0.717, 1.165) is 74.3 Å². The van der Waals surface area contributed by atoms with Crippen LogP contribution in [0, 0.1) is 6.92 Å². The van der Waals surface area contributed by atoms with Crippen molar-refractivity contribution in [2.45, 2.75) is 26.8 Å². The van der Waals surface area contributed by atoms with Crippen molar-refractivity contribution in [2.75, 3.05) is 11.4 Å². The number of pyridine rings is 1. The van der Waals surface area contributed by atoms with E-state index in [1.165, 1.54) is 6.08 Å². The zero-order valence-corrected chi connectivity index (χ0v) is 20.6. The Morgan fingerprint density at radius 1 is 1.14 bits per heavy atom. The average Bonchev–Trinajstić information content (AvgIpc) is 3.68. The summed E-state index contributed by atoms with van der Waals surface area (Å²) >= 11 is 0. The Hall–Kier alpha value is -4.46. The number of nitrogens with one attached hydrogen (secondary N) is 1. The molecule has 0 fully saturated rings. The summed E-state index contributed by atoms with van der Waals surface area (Å²) < 4.78 is 3.72. The molecular weight excluding hydrogens is 450 g/mol. The molecule has 0 unspecified atom stereocenters. The van der Waals surface area contributed by atoms with E-state index in [4.69, 9.17) is 4.98 Å². The molecule has 0 atom stereocenters. The third kappa shape index (κ3) is 3.29. The van der Waals surface area contributed by atoms with E-state index < -0.39 is 0 Å². The normalized spacial score (nSPS) is 12.9. The molecule has 1 aliphatic heterocycles. The van der Waals surface area contributed by atoms with Crippen LogP contribution in [0.15, 0.2) is 61.8 Å². The first kappa shape index (κ1) is 22.0. The molecule has 6 rings (SSSR count). The number of hydrogen-bond donors (Lipinski definition) is 1. The smallest absolute Gasteiger partial charge is 0.250 e. The molecule has 0 saturated heterocycles. The first-order valence-corrected chi connectivity index (χ1v) is 12.1. The minimum Gasteiger partial charge on any atom is -0.339 e. The van der Waals surface area contributed by atoms with Crippen LogP contribution in [0.2, 0.25) is 0 Å². The molecule has 5 aromatic rings. The number of H-pyrrole nitrogens is 1. The monoisotopic (exact) mass is 477 g/mol. The predicted octanol–water partition coefficient (Wildman–Crippen LogP) is 4.90. The van der Waals surface area contributed by atoms with Gasteiger partial charge in [-0.25, -0.2) is 4.98 Å². The Morgan fingerprint density at radius 2 is 1.97 bits per heavy atom. The van der Waals surface area contributed by atoms with Crippen LogP contribution in [0.1, 0.15) is 18.1 Å². The lowest BCUT2D eigenvalue weighted by Gasteiger charge is -2.16. The van der Waals surface area contributed by atoms with Gasteiger partial charge in [0.1, 0.15) is 5.65 Å². The number of aromatic nitrogens is 6. The molecule has 4 aromatic heterocycles. The summed E-state index contributed by atoms with van der Waals surface area (Å²) in [7, 11) is 1.91. The van der Waals surface area contributed by atoms with Crippen molar-refractivity contribution in [2.24, 2.45) is 7.05 Å². The standard InChI is InChI=1S/C28H27N7O/c1-5-24(36)35-11-10-20-21(8-7-9-23(20)35)26-25-17(3)22(18-12-31-34(6-2)16-18)14-29-28(25)32-27(26)19-13-30-33(4)15-19/h5,7-9,12-16H,1,6,10-11H2,2-4H3,(H,29,32). The van der Waals surface area contributed by atoms with Gasteiger partial charge in [0.15, 0.2) is 0 Å². The number of amides is 1. The summed E-state index contributed by atoms with van der Waals surface area (Å²) in [5, 5.41) is 9.96. The summed E-state index contributed by atoms with van der Waals surface area (Å²) in [6, 6.07) is 6.18. The van der Waals surface area contributed by atoms with Crippen LogP contribution in [0.5, 0.6) is 0 Å². The largest absolute Gasteiger partial charge is 0.339 e. The maximum Gasteiger partial charge on any atom is 0.250 e. The molecule has 180 valence electrons. The van der Waals surface area contributed by atoms with Crippen molar-refractivity contribution in [1.29, 1.82) is 0 Å². The summed E-state index contributed by atoms with van der Waals surface area (Å²) in [5.41, 5.74) is 10.3. The van der Waals surface area contributed by atoms with Crippen LogP contribution in [0.3, 0.4) is 0 Å². The molecule has 0 saturated carbocycles. The second-order valence-corrected chi connectivity index (χ2v) is 9.13. The molecule has 0 aliphatic carbocycles. The zero-order chi connectivity index (χ0) is 25.0. The van der Waals surface area contributed by atoms with Gasteiger partial charge in [0, 0.05) is 72.1 Å². The number of carbonyl (C=O) groups is 1. The van der Waals surface area contributed by atoms with Gasteiger partial charge in [-0.3, -0.25) is 14.2 Å². The number of aromatic amines is 1. The van der Waals surface area contributed by atoms with Gasteiger partial charge in [-0.2, -0.15) is 10.2 Å². The van der Waals surface area contributed by atoms with Crippen molar-refractivity contribution < 1.29 is 4.79 Å². The van der Waals surface area contributed by atoms with E-state index in [9.17, 15) is 4.79 Å². The zero-order valence-electron chi connectivity index (χ0n) is 20.6. The van der Waals surface area contributed by atoms with Gasteiger partial charge in [-0.05, 0) is 49.1 Å². The van der Waals surface area contributed by atoms with Gasteiger partial charge in [0.2, 0.25) is 5.91 Å². The number of fused-ring (bicyclic) bond motifs is 2. The fraction of sp³-hybridized carbons (Fsp3) is 0.214. The Balaban J connectivity index is 1.65. The van der Waals surface area contributed by atoms with Crippen LogP contribution in [-0.2, 0) is 24.8 Å². The first-order chi connectivity index (χ1) is 17.5. The van der Waals surface area contributed by atoms with Crippen molar-refractivity contribution in [3.05, 3.63) is 73.0 Å². The van der Waals surface area contributed by atoms with Gasteiger partial charge < -0.3 is 9.88 Å². The van der Waals surface area contributed by atoms with E-state index in [-0.39, 0.29) is 5.91 Å². The maximum absolute atomic E-state index is 12.5. The van der Waals surface area contributed by atoms with E-state index in [1.54, 1.807) is 9.58 Å². The van der Waals surface area contributed by atoms with Gasteiger partial charge >= 0.3 is 0 Å². The number of benzene rings is 1. The van der Waals surface area contributed by atoms with Crippen LogP contribution in [0.25, 0.3) is 44.5 Å². The topological polar surface area (TPSA) is 84.6 Å². The number of aryl methyl sites for hydroxylation is 3. The minimum atomic E-state index is -0.0784. The number of carbonyl (C=O) groups excluding carboxylic acids is 1. The molecule has 0 bridgehead atoms. The number of nitrogens with zero attached hydrogens (tertiary/aromatic N) is 6. The van der Waals surface area contributed by atoms with Crippen molar-refractivity contribution in [3.8, 4) is 33.5 Å². The molecule has 5 heterocycles. The highest BCUT2D eigenvalue weighted by Gasteiger charge is 2.29. The lowest BCUT2D eigenvalue weighted by atomic mass is 9.91.